The van der Waals surface area contributed by atoms with Crippen LogP contribution >= 0.6 is 23.2 Å². The van der Waals surface area contributed by atoms with Crippen molar-refractivity contribution in [3.63, 3.8) is 0 Å². The van der Waals surface area contributed by atoms with E-state index < -0.39 is 16.3 Å². The molecule has 0 bridgehead atoms. The zero-order valence-electron chi connectivity index (χ0n) is 6.19. The molecular formula is C6H8Cl2N2O. The second kappa shape index (κ2) is 3.80. The summed E-state index contributed by atoms with van der Waals surface area (Å²) in [6.45, 7) is 3.11. The van der Waals surface area contributed by atoms with Gasteiger partial charge < -0.3 is 5.32 Å². The zero-order valence-corrected chi connectivity index (χ0v) is 7.70. The van der Waals surface area contributed by atoms with Crippen molar-refractivity contribution >= 4 is 29.1 Å². The van der Waals surface area contributed by atoms with E-state index in [9.17, 15) is 4.79 Å². The molecule has 0 saturated carbocycles. The summed E-state index contributed by atoms with van der Waals surface area (Å²) in [6, 6.07) is 1.88. The second-order valence-corrected chi connectivity index (χ2v) is 3.62. The fourth-order valence-electron chi connectivity index (χ4n) is 0.391. The molecule has 0 aromatic carbocycles. The van der Waals surface area contributed by atoms with E-state index in [0.29, 0.717) is 0 Å². The lowest BCUT2D eigenvalue weighted by Gasteiger charge is -2.17. The number of carbonyl (C=O) groups excluding carboxylic acids is 1. The molecule has 62 valence electrons. The minimum absolute atomic E-state index is 0.556. The third-order valence-electron chi connectivity index (χ3n) is 0.913. The average Bonchev–Trinajstić information content (AvgIpc) is 1.87. The molecule has 5 heteroatoms. The van der Waals surface area contributed by atoms with Gasteiger partial charge in [-0.05, 0) is 13.8 Å². The molecule has 0 radical (unpaired) electrons. The summed E-state index contributed by atoms with van der Waals surface area (Å²) in [4.78, 5) is 9.67. The van der Waals surface area contributed by atoms with Crippen LogP contribution < -0.4 is 5.32 Å². The van der Waals surface area contributed by atoms with Crippen LogP contribution in [0, 0.1) is 11.3 Å². The maximum absolute atomic E-state index is 10.8. The van der Waals surface area contributed by atoms with Gasteiger partial charge in [-0.1, -0.05) is 23.2 Å². The zero-order chi connectivity index (χ0) is 9.07. The molecule has 0 spiro atoms. The summed E-state index contributed by atoms with van der Waals surface area (Å²) in [7, 11) is 0. The number of amides is 1. The lowest BCUT2D eigenvalue weighted by molar-refractivity contribution is -0.120. The molecule has 0 fully saturated rings. The summed E-state index contributed by atoms with van der Waals surface area (Å²) >= 11 is 10.5. The topological polar surface area (TPSA) is 52.9 Å². The van der Waals surface area contributed by atoms with Crippen LogP contribution in [0.1, 0.15) is 13.8 Å². The highest BCUT2D eigenvalue weighted by atomic mass is 35.5. The van der Waals surface area contributed by atoms with E-state index >= 15 is 0 Å². The van der Waals surface area contributed by atoms with Gasteiger partial charge in [0.2, 0.25) is 0 Å². The number of nitrogens with one attached hydrogen (secondary N) is 1. The first-order chi connectivity index (χ1) is 4.89. The maximum atomic E-state index is 10.8. The molecule has 0 atom stereocenters. The Balaban J connectivity index is 4.08. The van der Waals surface area contributed by atoms with Crippen molar-refractivity contribution in [2.45, 2.75) is 24.2 Å². The molecule has 0 aromatic rings. The molecule has 0 heterocycles. The van der Waals surface area contributed by atoms with Gasteiger partial charge in [-0.15, -0.1) is 0 Å². The van der Waals surface area contributed by atoms with Crippen LogP contribution in [0.25, 0.3) is 0 Å². The summed E-state index contributed by atoms with van der Waals surface area (Å²) in [5, 5.41) is 10.8. The standard InChI is InChI=1S/C6H8Cl2N2O/c1-6(2,3-9)10-5(11)4(7)8/h4H,1-2H3,(H,10,11). The number of alkyl halides is 2. The Bertz CT molecular complexity index is 195. The number of halogens is 2. The van der Waals surface area contributed by atoms with Gasteiger partial charge in [0.15, 0.2) is 4.84 Å². The van der Waals surface area contributed by atoms with Crippen molar-refractivity contribution in [1.82, 2.24) is 5.32 Å². The fraction of sp³-hybridized carbons (Fsp3) is 0.667. The molecule has 0 aliphatic rings. The fourth-order valence-corrected chi connectivity index (χ4v) is 0.500. The van der Waals surface area contributed by atoms with Crippen molar-refractivity contribution in [3.8, 4) is 6.07 Å². The van der Waals surface area contributed by atoms with E-state index in [1.807, 2.05) is 6.07 Å². The normalized spacial score (nSPS) is 10.9. The predicted octanol–water partition coefficient (Wildman–Crippen LogP) is 1.21. The van der Waals surface area contributed by atoms with E-state index in [-0.39, 0.29) is 0 Å². The Labute approximate surface area is 75.3 Å². The first-order valence-electron chi connectivity index (χ1n) is 2.90. The van der Waals surface area contributed by atoms with Gasteiger partial charge in [0, 0.05) is 0 Å². The third kappa shape index (κ3) is 4.07. The SMILES string of the molecule is CC(C)(C#N)NC(=O)C(Cl)Cl. The summed E-state index contributed by atoms with van der Waals surface area (Å²) in [5.74, 6) is -0.556. The van der Waals surface area contributed by atoms with Gasteiger partial charge in [-0.3, -0.25) is 4.79 Å². The van der Waals surface area contributed by atoms with Crippen LogP contribution in [0.4, 0.5) is 0 Å². The first kappa shape index (κ1) is 10.5. The van der Waals surface area contributed by atoms with Crippen LogP contribution in [0.15, 0.2) is 0 Å². The van der Waals surface area contributed by atoms with Gasteiger partial charge in [-0.2, -0.15) is 5.26 Å². The molecule has 1 N–H and O–H groups in total. The van der Waals surface area contributed by atoms with Crippen LogP contribution in [-0.2, 0) is 4.79 Å². The molecule has 0 aliphatic heterocycles. The minimum atomic E-state index is -1.12. The van der Waals surface area contributed by atoms with E-state index in [0.717, 1.165) is 0 Å². The second-order valence-electron chi connectivity index (χ2n) is 2.53. The Morgan fingerprint density at radius 1 is 1.64 bits per heavy atom. The van der Waals surface area contributed by atoms with E-state index in [4.69, 9.17) is 28.5 Å². The highest BCUT2D eigenvalue weighted by Crippen LogP contribution is 2.05. The van der Waals surface area contributed by atoms with Gasteiger partial charge in [0.05, 0.1) is 6.07 Å². The van der Waals surface area contributed by atoms with Crippen molar-refractivity contribution in [2.24, 2.45) is 0 Å². The Morgan fingerprint density at radius 3 is 2.36 bits per heavy atom. The van der Waals surface area contributed by atoms with Crippen LogP contribution in [0.3, 0.4) is 0 Å². The van der Waals surface area contributed by atoms with E-state index in [1.54, 1.807) is 13.8 Å². The molecule has 0 rings (SSSR count). The van der Waals surface area contributed by atoms with Gasteiger partial charge in [-0.25, -0.2) is 0 Å². The monoisotopic (exact) mass is 194 g/mol. The summed E-state index contributed by atoms with van der Waals surface area (Å²) in [5.41, 5.74) is -0.918. The molecule has 0 aliphatic carbocycles. The van der Waals surface area contributed by atoms with Crippen LogP contribution in [-0.4, -0.2) is 16.3 Å². The molecule has 1 amide bonds. The molecule has 0 unspecified atom stereocenters. The molecule has 11 heavy (non-hydrogen) atoms. The van der Waals surface area contributed by atoms with Gasteiger partial charge >= 0.3 is 0 Å². The largest absolute Gasteiger partial charge is 0.336 e. The Kier molecular flexibility index (Phi) is 3.64. The smallest absolute Gasteiger partial charge is 0.254 e. The molecule has 0 saturated heterocycles. The Hall–Kier alpha value is -0.460. The lowest BCUT2D eigenvalue weighted by atomic mass is 10.1. The number of rotatable bonds is 2. The van der Waals surface area contributed by atoms with Crippen molar-refractivity contribution in [3.05, 3.63) is 0 Å². The number of nitriles is 1. The highest BCUT2D eigenvalue weighted by molar-refractivity contribution is 6.53. The first-order valence-corrected chi connectivity index (χ1v) is 3.78. The molecular weight excluding hydrogens is 187 g/mol. The summed E-state index contributed by atoms with van der Waals surface area (Å²) in [6.07, 6.45) is 0. The number of nitrogens with zero attached hydrogens (tertiary/aromatic N) is 1. The average molecular weight is 195 g/mol. The van der Waals surface area contributed by atoms with E-state index in [1.165, 1.54) is 0 Å². The lowest BCUT2D eigenvalue weighted by Crippen LogP contribution is -2.44. The van der Waals surface area contributed by atoms with Crippen LogP contribution in [0.5, 0.6) is 0 Å². The van der Waals surface area contributed by atoms with Crippen molar-refractivity contribution < 1.29 is 4.79 Å². The van der Waals surface area contributed by atoms with Crippen molar-refractivity contribution in [2.75, 3.05) is 0 Å². The van der Waals surface area contributed by atoms with Crippen LogP contribution in [0.2, 0.25) is 0 Å². The number of hydrogen-bond acceptors (Lipinski definition) is 2. The van der Waals surface area contributed by atoms with E-state index in [2.05, 4.69) is 5.32 Å². The highest BCUT2D eigenvalue weighted by Gasteiger charge is 2.22. The predicted molar refractivity (Wildman–Crippen MR) is 43.3 cm³/mol. The Morgan fingerprint density at radius 2 is 2.09 bits per heavy atom. The quantitative estimate of drug-likeness (QED) is 0.673. The number of carbonyl (C=O) groups is 1. The van der Waals surface area contributed by atoms with Gasteiger partial charge in [0.1, 0.15) is 5.54 Å². The maximum Gasteiger partial charge on any atom is 0.254 e. The molecule has 3 nitrogen and oxygen atoms in total. The number of hydrogen-bond donors (Lipinski definition) is 1. The van der Waals surface area contributed by atoms with Crippen molar-refractivity contribution in [1.29, 1.82) is 5.26 Å². The molecule has 0 aromatic heterocycles. The minimum Gasteiger partial charge on any atom is -0.336 e. The summed E-state index contributed by atoms with van der Waals surface area (Å²) < 4.78 is 0. The van der Waals surface area contributed by atoms with Gasteiger partial charge in [0.25, 0.3) is 5.91 Å². The third-order valence-corrected chi connectivity index (χ3v) is 1.31.